The van der Waals surface area contributed by atoms with Gasteiger partial charge in [-0.2, -0.15) is 0 Å². The average molecular weight is 132 g/mol. The van der Waals surface area contributed by atoms with E-state index in [1.807, 2.05) is 0 Å². The van der Waals surface area contributed by atoms with Crippen LogP contribution in [0.5, 0.6) is 0 Å². The summed E-state index contributed by atoms with van der Waals surface area (Å²) in [4.78, 5) is 18.3. The monoisotopic (exact) mass is 132 g/mol. The van der Waals surface area contributed by atoms with Crippen LogP contribution in [0.25, 0.3) is 0 Å². The molecular weight excluding hydrogens is 128 g/mol. The molecule has 0 unspecified atom stereocenters. The van der Waals surface area contributed by atoms with Crippen molar-refractivity contribution in [2.24, 2.45) is 5.73 Å². The van der Waals surface area contributed by atoms with Crippen LogP contribution in [0, 0.1) is 10.1 Å². The van der Waals surface area contributed by atoms with E-state index in [0.29, 0.717) is 0 Å². The molecule has 0 fully saturated rings. The SMILES string of the molecule is NC(=C[N+](=O)[O-])C(=O)O. The largest absolute Gasteiger partial charge is 0.476 e. The molecule has 0 bridgehead atoms. The quantitative estimate of drug-likeness (QED) is 0.289. The van der Waals surface area contributed by atoms with E-state index in [9.17, 15) is 14.9 Å². The first-order chi connectivity index (χ1) is 4.04. The van der Waals surface area contributed by atoms with Crippen LogP contribution in [0.4, 0.5) is 0 Å². The van der Waals surface area contributed by atoms with Gasteiger partial charge in [-0.25, -0.2) is 4.79 Å². The van der Waals surface area contributed by atoms with E-state index in [2.05, 4.69) is 5.73 Å². The van der Waals surface area contributed by atoms with Gasteiger partial charge in [0.2, 0.25) is 0 Å². The lowest BCUT2D eigenvalue weighted by Crippen LogP contribution is -2.11. The number of nitro groups is 1. The predicted octanol–water partition coefficient (Wildman–Crippen LogP) is -0.852. The Morgan fingerprint density at radius 3 is 2.33 bits per heavy atom. The van der Waals surface area contributed by atoms with Gasteiger partial charge >= 0.3 is 5.97 Å². The molecule has 3 N–H and O–H groups in total. The van der Waals surface area contributed by atoms with Gasteiger partial charge in [0.25, 0.3) is 6.20 Å². The molecule has 9 heavy (non-hydrogen) atoms. The van der Waals surface area contributed by atoms with E-state index in [-0.39, 0.29) is 6.20 Å². The second-order valence-corrected chi connectivity index (χ2v) is 1.17. The number of aliphatic carboxylic acids is 1. The molecule has 50 valence electrons. The fraction of sp³-hybridized carbons (Fsp3) is 0. The topological polar surface area (TPSA) is 106 Å². The molecule has 0 aliphatic carbocycles. The minimum absolute atomic E-state index is 0.225. The summed E-state index contributed by atoms with van der Waals surface area (Å²) in [5, 5.41) is 17.4. The normalized spacial score (nSPS) is 10.9. The van der Waals surface area contributed by atoms with Crippen molar-refractivity contribution in [3.8, 4) is 0 Å². The Morgan fingerprint density at radius 1 is 1.78 bits per heavy atom. The molecule has 0 saturated carbocycles. The molecular formula is C3H4N2O4. The molecule has 0 amide bonds. The molecule has 0 aromatic heterocycles. The molecule has 6 heteroatoms. The van der Waals surface area contributed by atoms with Crippen molar-refractivity contribution in [1.29, 1.82) is 0 Å². The maximum atomic E-state index is 9.74. The van der Waals surface area contributed by atoms with Crippen LogP contribution in [-0.2, 0) is 4.79 Å². The summed E-state index contributed by atoms with van der Waals surface area (Å²) in [6, 6.07) is 0. The molecule has 6 nitrogen and oxygen atoms in total. The summed E-state index contributed by atoms with van der Waals surface area (Å²) in [6.45, 7) is 0. The van der Waals surface area contributed by atoms with E-state index in [1.165, 1.54) is 0 Å². The minimum Gasteiger partial charge on any atom is -0.476 e. The highest BCUT2D eigenvalue weighted by Crippen LogP contribution is 1.81. The van der Waals surface area contributed by atoms with Gasteiger partial charge in [0.1, 0.15) is 0 Å². The third kappa shape index (κ3) is 3.03. The van der Waals surface area contributed by atoms with E-state index in [1.54, 1.807) is 0 Å². The summed E-state index contributed by atoms with van der Waals surface area (Å²) < 4.78 is 0. The van der Waals surface area contributed by atoms with Gasteiger partial charge in [-0.05, 0) is 0 Å². The smallest absolute Gasteiger partial charge is 0.358 e. The number of hydrogen-bond acceptors (Lipinski definition) is 4. The van der Waals surface area contributed by atoms with Crippen LogP contribution in [0.2, 0.25) is 0 Å². The van der Waals surface area contributed by atoms with Crippen LogP contribution in [0.1, 0.15) is 0 Å². The van der Waals surface area contributed by atoms with Gasteiger partial charge in [0.15, 0.2) is 5.70 Å². The lowest BCUT2D eigenvalue weighted by atomic mass is 10.5. The molecule has 0 aromatic carbocycles. The molecule has 0 heterocycles. The van der Waals surface area contributed by atoms with E-state index < -0.39 is 16.6 Å². The number of carboxylic acids is 1. The van der Waals surface area contributed by atoms with Crippen molar-refractivity contribution < 1.29 is 14.8 Å². The third-order valence-electron chi connectivity index (χ3n) is 0.491. The van der Waals surface area contributed by atoms with Gasteiger partial charge in [-0.1, -0.05) is 0 Å². The first kappa shape index (κ1) is 7.41. The first-order valence-electron chi connectivity index (χ1n) is 1.88. The Balaban J connectivity index is 4.17. The van der Waals surface area contributed by atoms with Crippen molar-refractivity contribution in [3.05, 3.63) is 22.0 Å². The zero-order valence-corrected chi connectivity index (χ0v) is 4.27. The van der Waals surface area contributed by atoms with E-state index >= 15 is 0 Å². The summed E-state index contributed by atoms with van der Waals surface area (Å²) in [6.07, 6.45) is 0.225. The summed E-state index contributed by atoms with van der Waals surface area (Å²) in [7, 11) is 0. The second kappa shape index (κ2) is 2.65. The van der Waals surface area contributed by atoms with Crippen LogP contribution in [0.3, 0.4) is 0 Å². The molecule has 0 aliphatic heterocycles. The van der Waals surface area contributed by atoms with Crippen molar-refractivity contribution in [2.75, 3.05) is 0 Å². The molecule has 0 aromatic rings. The van der Waals surface area contributed by atoms with Gasteiger partial charge in [0.05, 0.1) is 4.92 Å². The van der Waals surface area contributed by atoms with Gasteiger partial charge in [0, 0.05) is 0 Å². The number of nitrogens with two attached hydrogens (primary N) is 1. The minimum atomic E-state index is -1.49. The second-order valence-electron chi connectivity index (χ2n) is 1.17. The van der Waals surface area contributed by atoms with Crippen molar-refractivity contribution in [1.82, 2.24) is 0 Å². The van der Waals surface area contributed by atoms with E-state index in [0.717, 1.165) is 0 Å². The highest BCUT2D eigenvalue weighted by molar-refractivity contribution is 5.84. The molecule has 0 saturated heterocycles. The van der Waals surface area contributed by atoms with Crippen molar-refractivity contribution >= 4 is 5.97 Å². The van der Waals surface area contributed by atoms with Crippen LogP contribution >= 0.6 is 0 Å². The maximum Gasteiger partial charge on any atom is 0.358 e. The lowest BCUT2D eigenvalue weighted by Gasteiger charge is -1.84. The maximum absolute atomic E-state index is 9.74. The summed E-state index contributed by atoms with van der Waals surface area (Å²) in [5.74, 6) is -1.49. The Hall–Kier alpha value is -1.59. The Labute approximate surface area is 49.7 Å². The van der Waals surface area contributed by atoms with Crippen LogP contribution in [0.15, 0.2) is 11.9 Å². The molecule has 0 aliphatic rings. The fourth-order valence-corrected chi connectivity index (χ4v) is 0.169. The molecule has 0 spiro atoms. The highest BCUT2D eigenvalue weighted by Gasteiger charge is 2.04. The Bertz CT molecular complexity index is 173. The van der Waals surface area contributed by atoms with Gasteiger partial charge in [-0.15, -0.1) is 0 Å². The zero-order valence-electron chi connectivity index (χ0n) is 4.27. The number of hydrogen-bond donors (Lipinski definition) is 2. The highest BCUT2D eigenvalue weighted by atomic mass is 16.6. The Kier molecular flexibility index (Phi) is 2.18. The lowest BCUT2D eigenvalue weighted by molar-refractivity contribution is -0.403. The summed E-state index contributed by atoms with van der Waals surface area (Å²) in [5.41, 5.74) is 3.86. The first-order valence-corrected chi connectivity index (χ1v) is 1.88. The zero-order chi connectivity index (χ0) is 7.44. The third-order valence-corrected chi connectivity index (χ3v) is 0.491. The predicted molar refractivity (Wildman–Crippen MR) is 26.9 cm³/mol. The van der Waals surface area contributed by atoms with Crippen LogP contribution < -0.4 is 5.73 Å². The standard InChI is InChI=1S/C3H4N2O4/c4-2(3(6)7)1-5(8)9/h1H,4H2,(H,6,7). The molecule has 0 radical (unpaired) electrons. The van der Waals surface area contributed by atoms with E-state index in [4.69, 9.17) is 5.11 Å². The fourth-order valence-electron chi connectivity index (χ4n) is 0.169. The number of nitrogens with zero attached hydrogens (tertiary/aromatic N) is 1. The van der Waals surface area contributed by atoms with Gasteiger partial charge < -0.3 is 10.8 Å². The van der Waals surface area contributed by atoms with Crippen molar-refractivity contribution in [2.45, 2.75) is 0 Å². The molecule has 0 rings (SSSR count). The number of carboxylic acid groups (broad SMARTS) is 1. The van der Waals surface area contributed by atoms with Crippen LogP contribution in [-0.4, -0.2) is 16.0 Å². The van der Waals surface area contributed by atoms with Crippen molar-refractivity contribution in [3.63, 3.8) is 0 Å². The summed E-state index contributed by atoms with van der Waals surface area (Å²) >= 11 is 0. The van der Waals surface area contributed by atoms with Gasteiger partial charge in [-0.3, -0.25) is 10.1 Å². The Morgan fingerprint density at radius 2 is 2.22 bits per heavy atom. The number of rotatable bonds is 2. The number of carbonyl (C=O) groups is 1. The molecule has 0 atom stereocenters. The average Bonchev–Trinajstić information content (AvgIpc) is 1.63.